The second-order valence-electron chi connectivity index (χ2n) is 6.36. The lowest BCUT2D eigenvalue weighted by atomic mass is 10.1. The molecule has 2 aromatic carbocycles. The zero-order valence-electron chi connectivity index (χ0n) is 17.5. The van der Waals surface area contributed by atoms with Gasteiger partial charge in [0.05, 0.1) is 38.2 Å². The highest BCUT2D eigenvalue weighted by Crippen LogP contribution is 2.27. The molecular formula is C23H19N3O5S. The molecule has 0 aliphatic heterocycles. The van der Waals surface area contributed by atoms with Crippen LogP contribution in [0.5, 0.6) is 5.75 Å². The third-order valence-corrected chi connectivity index (χ3v) is 5.27. The van der Waals surface area contributed by atoms with Crippen molar-refractivity contribution in [3.63, 3.8) is 0 Å². The predicted octanol–water partition coefficient (Wildman–Crippen LogP) is 4.37. The van der Waals surface area contributed by atoms with E-state index in [0.29, 0.717) is 10.7 Å². The topological polar surface area (TPSA) is 111 Å². The van der Waals surface area contributed by atoms with E-state index in [9.17, 15) is 14.9 Å². The maximum Gasteiger partial charge on any atom is 0.337 e. The molecule has 1 N–H and O–H groups in total. The average molecular weight is 449 g/mol. The van der Waals surface area contributed by atoms with Crippen LogP contribution in [0.3, 0.4) is 0 Å². The van der Waals surface area contributed by atoms with Gasteiger partial charge in [-0.2, -0.15) is 5.26 Å². The molecule has 0 saturated heterocycles. The Hall–Kier alpha value is -4.16. The Balaban J connectivity index is 1.87. The van der Waals surface area contributed by atoms with Crippen LogP contribution in [-0.4, -0.2) is 38.3 Å². The number of hydrogen-bond donors (Lipinski definition) is 1. The van der Waals surface area contributed by atoms with E-state index >= 15 is 0 Å². The number of aromatic nitrogens is 1. The van der Waals surface area contributed by atoms with Gasteiger partial charge in [-0.15, -0.1) is 11.3 Å². The van der Waals surface area contributed by atoms with Gasteiger partial charge in [-0.25, -0.2) is 14.6 Å². The van der Waals surface area contributed by atoms with Gasteiger partial charge in [-0.1, -0.05) is 0 Å². The van der Waals surface area contributed by atoms with Crippen LogP contribution in [0.15, 0.2) is 54.0 Å². The van der Waals surface area contributed by atoms with Gasteiger partial charge in [0.1, 0.15) is 22.4 Å². The molecule has 0 saturated carbocycles. The molecule has 0 aliphatic rings. The van der Waals surface area contributed by atoms with Crippen LogP contribution in [0.4, 0.5) is 5.69 Å². The van der Waals surface area contributed by atoms with E-state index in [1.165, 1.54) is 50.0 Å². The van der Waals surface area contributed by atoms with Crippen LogP contribution in [-0.2, 0) is 9.47 Å². The molecule has 8 nitrogen and oxygen atoms in total. The van der Waals surface area contributed by atoms with Crippen LogP contribution in [0, 0.1) is 11.3 Å². The summed E-state index contributed by atoms with van der Waals surface area (Å²) in [7, 11) is 4.09. The van der Waals surface area contributed by atoms with Crippen LogP contribution in [0.1, 0.15) is 25.7 Å². The first-order chi connectivity index (χ1) is 15.5. The first-order valence-electron chi connectivity index (χ1n) is 9.28. The quantitative estimate of drug-likeness (QED) is 0.418. The molecular weight excluding hydrogens is 430 g/mol. The van der Waals surface area contributed by atoms with Crippen molar-refractivity contribution in [1.82, 2.24) is 4.98 Å². The summed E-state index contributed by atoms with van der Waals surface area (Å²) in [6, 6.07) is 14.0. The second kappa shape index (κ2) is 10.2. The van der Waals surface area contributed by atoms with Crippen LogP contribution < -0.4 is 10.1 Å². The van der Waals surface area contributed by atoms with Gasteiger partial charge >= 0.3 is 11.9 Å². The maximum atomic E-state index is 11.9. The molecule has 0 aliphatic carbocycles. The number of carbonyl (C=O) groups is 2. The first kappa shape index (κ1) is 22.5. The van der Waals surface area contributed by atoms with Crippen molar-refractivity contribution in [1.29, 1.82) is 5.26 Å². The number of hydrogen-bond acceptors (Lipinski definition) is 9. The number of allylic oxidation sites excluding steroid dienone is 1. The van der Waals surface area contributed by atoms with Crippen LogP contribution in [0.2, 0.25) is 0 Å². The molecule has 0 unspecified atom stereocenters. The van der Waals surface area contributed by atoms with E-state index in [4.69, 9.17) is 14.2 Å². The molecule has 0 bridgehead atoms. The van der Waals surface area contributed by atoms with E-state index in [2.05, 4.69) is 16.4 Å². The van der Waals surface area contributed by atoms with Gasteiger partial charge in [-0.05, 0) is 42.5 Å². The summed E-state index contributed by atoms with van der Waals surface area (Å²) < 4.78 is 14.6. The van der Waals surface area contributed by atoms with Crippen LogP contribution in [0.25, 0.3) is 16.8 Å². The van der Waals surface area contributed by atoms with Crippen molar-refractivity contribution in [2.75, 3.05) is 26.6 Å². The van der Waals surface area contributed by atoms with E-state index in [0.717, 1.165) is 17.0 Å². The summed E-state index contributed by atoms with van der Waals surface area (Å²) in [5, 5.41) is 14.9. The van der Waals surface area contributed by atoms with Gasteiger partial charge < -0.3 is 19.5 Å². The number of ether oxygens (including phenoxy) is 3. The van der Waals surface area contributed by atoms with Crippen molar-refractivity contribution in [3.8, 4) is 23.1 Å². The lowest BCUT2D eigenvalue weighted by molar-refractivity contribution is 0.0599. The third-order valence-electron chi connectivity index (χ3n) is 4.40. The normalized spacial score (nSPS) is 10.8. The minimum atomic E-state index is -0.604. The fourth-order valence-corrected chi connectivity index (χ4v) is 3.57. The molecule has 3 rings (SSSR count). The predicted molar refractivity (Wildman–Crippen MR) is 120 cm³/mol. The van der Waals surface area contributed by atoms with Crippen molar-refractivity contribution in [2.45, 2.75) is 0 Å². The summed E-state index contributed by atoms with van der Waals surface area (Å²) in [4.78, 5) is 28.4. The number of benzene rings is 2. The van der Waals surface area contributed by atoms with Gasteiger partial charge in [0.15, 0.2) is 0 Å². The lowest BCUT2D eigenvalue weighted by Gasteiger charge is -2.08. The highest BCUT2D eigenvalue weighted by atomic mass is 32.1. The van der Waals surface area contributed by atoms with Crippen molar-refractivity contribution < 1.29 is 23.8 Å². The number of nitrogens with one attached hydrogen (secondary N) is 1. The Labute approximate surface area is 188 Å². The fraction of sp³-hybridized carbons (Fsp3) is 0.130. The second-order valence-corrected chi connectivity index (χ2v) is 7.22. The maximum absolute atomic E-state index is 11.9. The largest absolute Gasteiger partial charge is 0.497 e. The summed E-state index contributed by atoms with van der Waals surface area (Å²) in [6.07, 6.45) is 1.47. The highest BCUT2D eigenvalue weighted by Gasteiger charge is 2.14. The van der Waals surface area contributed by atoms with E-state index < -0.39 is 11.9 Å². The Kier molecular flexibility index (Phi) is 7.21. The molecule has 32 heavy (non-hydrogen) atoms. The summed E-state index contributed by atoms with van der Waals surface area (Å²) in [6.45, 7) is 0. The SMILES string of the molecule is COC(=O)c1cc(N/C=C(/C#N)c2nc(-c3ccc(OC)cc3)cs2)cc(C(=O)OC)c1. The smallest absolute Gasteiger partial charge is 0.337 e. The van der Waals surface area contributed by atoms with Crippen molar-refractivity contribution >= 4 is 34.5 Å². The van der Waals surface area contributed by atoms with Crippen molar-refractivity contribution in [3.05, 3.63) is 70.2 Å². The highest BCUT2D eigenvalue weighted by molar-refractivity contribution is 7.11. The average Bonchev–Trinajstić information content (AvgIpc) is 3.33. The molecule has 0 radical (unpaired) electrons. The van der Waals surface area contributed by atoms with Crippen molar-refractivity contribution in [2.24, 2.45) is 0 Å². The van der Waals surface area contributed by atoms with E-state index in [1.807, 2.05) is 29.6 Å². The third kappa shape index (κ3) is 5.11. The molecule has 0 amide bonds. The monoisotopic (exact) mass is 449 g/mol. The first-order valence-corrected chi connectivity index (χ1v) is 10.2. The molecule has 162 valence electrons. The Bertz CT molecular complexity index is 1170. The molecule has 9 heteroatoms. The zero-order chi connectivity index (χ0) is 23.1. The standard InChI is InChI=1S/C23H19N3O5S/c1-29-19-6-4-14(5-7-19)20-13-32-21(26-20)17(11-24)12-25-18-9-15(22(27)30-2)8-16(10-18)23(28)31-3/h4-10,12-13,25H,1-3H3/b17-12-. The Morgan fingerprint density at radius 3 is 2.19 bits per heavy atom. The fourth-order valence-electron chi connectivity index (χ4n) is 2.77. The molecule has 0 atom stereocenters. The molecule has 0 fully saturated rings. The minimum Gasteiger partial charge on any atom is -0.497 e. The number of thiazole rings is 1. The van der Waals surface area contributed by atoms with E-state index in [1.54, 1.807) is 7.11 Å². The molecule has 0 spiro atoms. The zero-order valence-corrected chi connectivity index (χ0v) is 18.4. The number of nitrogens with zero attached hydrogens (tertiary/aromatic N) is 2. The van der Waals surface area contributed by atoms with Crippen LogP contribution >= 0.6 is 11.3 Å². The molecule has 1 aromatic heterocycles. The number of methoxy groups -OCH3 is 3. The number of nitriles is 1. The number of anilines is 1. The summed E-state index contributed by atoms with van der Waals surface area (Å²) in [5.41, 5.74) is 2.66. The summed E-state index contributed by atoms with van der Waals surface area (Å²) >= 11 is 1.32. The number of esters is 2. The van der Waals surface area contributed by atoms with Gasteiger partial charge in [0, 0.05) is 22.8 Å². The molecule has 3 aromatic rings. The van der Waals surface area contributed by atoms with E-state index in [-0.39, 0.29) is 16.7 Å². The number of carbonyl (C=O) groups excluding carboxylic acids is 2. The van der Waals surface area contributed by atoms with Gasteiger partial charge in [0.25, 0.3) is 0 Å². The van der Waals surface area contributed by atoms with Gasteiger partial charge in [0.2, 0.25) is 0 Å². The van der Waals surface area contributed by atoms with Gasteiger partial charge in [-0.3, -0.25) is 0 Å². The summed E-state index contributed by atoms with van der Waals surface area (Å²) in [5.74, 6) is -0.466. The number of rotatable bonds is 7. The lowest BCUT2D eigenvalue weighted by Crippen LogP contribution is -2.07. The minimum absolute atomic E-state index is 0.167. The Morgan fingerprint density at radius 1 is 1.03 bits per heavy atom. The molecule has 1 heterocycles. The Morgan fingerprint density at radius 2 is 1.66 bits per heavy atom.